The first-order valence-corrected chi connectivity index (χ1v) is 7.63. The first-order valence-electron chi connectivity index (χ1n) is 6.31. The molecule has 0 radical (unpaired) electrons. The second-order valence-electron chi connectivity index (χ2n) is 4.60. The van der Waals surface area contributed by atoms with Crippen molar-refractivity contribution < 1.29 is 4.79 Å². The average molecular weight is 305 g/mol. The summed E-state index contributed by atoms with van der Waals surface area (Å²) < 4.78 is 0. The molecular formula is C15H13ClN2OS. The Morgan fingerprint density at radius 3 is 2.65 bits per heavy atom. The molecule has 1 fully saturated rings. The highest BCUT2D eigenvalue weighted by atomic mass is 35.5. The Kier molecular flexibility index (Phi) is 3.68. The number of nitrogens with zero attached hydrogens (tertiary/aromatic N) is 2. The van der Waals surface area contributed by atoms with Crippen LogP contribution < -0.4 is 4.90 Å². The molecule has 2 atom stereocenters. The molecule has 0 N–H and O–H groups in total. The van der Waals surface area contributed by atoms with Crippen molar-refractivity contribution in [3.05, 3.63) is 59.4 Å². The van der Waals surface area contributed by atoms with E-state index < -0.39 is 0 Å². The number of pyridine rings is 1. The molecular weight excluding hydrogens is 292 g/mol. The van der Waals surface area contributed by atoms with Crippen molar-refractivity contribution >= 4 is 35.0 Å². The van der Waals surface area contributed by atoms with E-state index in [2.05, 4.69) is 4.98 Å². The van der Waals surface area contributed by atoms with E-state index in [4.69, 9.17) is 11.6 Å². The third-order valence-electron chi connectivity index (χ3n) is 3.23. The summed E-state index contributed by atoms with van der Waals surface area (Å²) in [6.45, 7) is 1.94. The number of anilines is 1. The first kappa shape index (κ1) is 13.5. The van der Waals surface area contributed by atoms with Crippen LogP contribution >= 0.6 is 23.4 Å². The molecule has 0 saturated carbocycles. The van der Waals surface area contributed by atoms with Crippen LogP contribution in [0.3, 0.4) is 0 Å². The third kappa shape index (κ3) is 2.41. The topological polar surface area (TPSA) is 33.2 Å². The number of rotatable bonds is 2. The van der Waals surface area contributed by atoms with E-state index in [1.807, 2.05) is 42.3 Å². The van der Waals surface area contributed by atoms with Crippen LogP contribution in [0.1, 0.15) is 17.9 Å². The third-order valence-corrected chi connectivity index (χ3v) is 4.83. The summed E-state index contributed by atoms with van der Waals surface area (Å²) in [7, 11) is 0. The van der Waals surface area contributed by atoms with Gasteiger partial charge in [-0.15, -0.1) is 11.8 Å². The number of benzene rings is 1. The molecule has 2 heterocycles. The van der Waals surface area contributed by atoms with E-state index in [1.165, 1.54) is 0 Å². The predicted octanol–water partition coefficient (Wildman–Crippen LogP) is 3.90. The van der Waals surface area contributed by atoms with Gasteiger partial charge in [-0.2, -0.15) is 0 Å². The van der Waals surface area contributed by atoms with Gasteiger partial charge in [-0.3, -0.25) is 14.7 Å². The van der Waals surface area contributed by atoms with Crippen molar-refractivity contribution in [3.63, 3.8) is 0 Å². The fourth-order valence-corrected chi connectivity index (χ4v) is 3.62. The standard InChI is InChI=1S/C15H13ClN2OS/c1-10-14(19)18(13-6-4-12(16)5-7-13)15(20-10)11-3-2-8-17-9-11/h2-10,15H,1H3. The Morgan fingerprint density at radius 1 is 1.25 bits per heavy atom. The van der Waals surface area contributed by atoms with Crippen molar-refractivity contribution in [2.24, 2.45) is 0 Å². The largest absolute Gasteiger partial charge is 0.295 e. The maximum Gasteiger partial charge on any atom is 0.241 e. The summed E-state index contributed by atoms with van der Waals surface area (Å²) in [6.07, 6.45) is 3.55. The molecule has 0 bridgehead atoms. The zero-order valence-corrected chi connectivity index (χ0v) is 12.4. The molecule has 102 valence electrons. The maximum absolute atomic E-state index is 12.4. The number of halogens is 1. The van der Waals surface area contributed by atoms with Crippen LogP contribution in [-0.2, 0) is 4.79 Å². The van der Waals surface area contributed by atoms with Gasteiger partial charge in [0.25, 0.3) is 0 Å². The Balaban J connectivity index is 2.01. The average Bonchev–Trinajstić information content (AvgIpc) is 2.77. The zero-order valence-electron chi connectivity index (χ0n) is 10.9. The molecule has 3 rings (SSSR count). The molecule has 3 nitrogen and oxygen atoms in total. The molecule has 2 unspecified atom stereocenters. The van der Waals surface area contributed by atoms with Crippen LogP contribution in [0.5, 0.6) is 0 Å². The summed E-state index contributed by atoms with van der Waals surface area (Å²) in [5, 5.41) is 0.572. The molecule has 2 aromatic rings. The van der Waals surface area contributed by atoms with E-state index in [9.17, 15) is 4.79 Å². The molecule has 1 amide bonds. The summed E-state index contributed by atoms with van der Waals surface area (Å²) in [4.78, 5) is 18.4. The molecule has 1 aliphatic rings. The normalized spacial score (nSPS) is 22.3. The number of amides is 1. The number of aromatic nitrogens is 1. The van der Waals surface area contributed by atoms with Gasteiger partial charge < -0.3 is 0 Å². The van der Waals surface area contributed by atoms with Gasteiger partial charge in [0.1, 0.15) is 5.37 Å². The maximum atomic E-state index is 12.4. The second-order valence-corrected chi connectivity index (χ2v) is 6.46. The van der Waals surface area contributed by atoms with Crippen molar-refractivity contribution in [1.82, 2.24) is 4.98 Å². The molecule has 1 aromatic carbocycles. The highest BCUT2D eigenvalue weighted by Crippen LogP contribution is 2.45. The van der Waals surface area contributed by atoms with Crippen molar-refractivity contribution in [3.8, 4) is 0 Å². The lowest BCUT2D eigenvalue weighted by molar-refractivity contribution is -0.117. The Morgan fingerprint density at radius 2 is 2.00 bits per heavy atom. The van der Waals surface area contributed by atoms with Crippen LogP contribution in [0.25, 0.3) is 0 Å². The summed E-state index contributed by atoms with van der Waals surface area (Å²) in [5.41, 5.74) is 1.90. The van der Waals surface area contributed by atoms with Crippen molar-refractivity contribution in [2.75, 3.05) is 4.90 Å². The zero-order chi connectivity index (χ0) is 14.1. The monoisotopic (exact) mass is 304 g/mol. The first-order chi connectivity index (χ1) is 9.66. The smallest absolute Gasteiger partial charge is 0.241 e. The quantitative estimate of drug-likeness (QED) is 0.843. The van der Waals surface area contributed by atoms with E-state index in [1.54, 1.807) is 30.1 Å². The predicted molar refractivity (Wildman–Crippen MR) is 83.0 cm³/mol. The molecule has 20 heavy (non-hydrogen) atoms. The number of carbonyl (C=O) groups is 1. The van der Waals surface area contributed by atoms with Gasteiger partial charge in [-0.1, -0.05) is 17.7 Å². The molecule has 0 spiro atoms. The molecule has 5 heteroatoms. The minimum absolute atomic E-state index is 0.0348. The fourth-order valence-electron chi connectivity index (χ4n) is 2.24. The minimum atomic E-state index is -0.0594. The second kappa shape index (κ2) is 5.46. The SMILES string of the molecule is CC1SC(c2cccnc2)N(c2ccc(Cl)cc2)C1=O. The lowest BCUT2D eigenvalue weighted by Crippen LogP contribution is -2.30. The van der Waals surface area contributed by atoms with Gasteiger partial charge in [-0.25, -0.2) is 0 Å². The van der Waals surface area contributed by atoms with Crippen LogP contribution in [0, 0.1) is 0 Å². The van der Waals surface area contributed by atoms with E-state index in [-0.39, 0.29) is 16.5 Å². The summed E-state index contributed by atoms with van der Waals surface area (Å²) in [6, 6.07) is 11.3. The van der Waals surface area contributed by atoms with Gasteiger partial charge in [0.15, 0.2) is 0 Å². The molecule has 1 aliphatic heterocycles. The Labute approximate surface area is 127 Å². The Hall–Kier alpha value is -1.52. The summed E-state index contributed by atoms with van der Waals surface area (Å²) in [5.74, 6) is 0.117. The highest BCUT2D eigenvalue weighted by Gasteiger charge is 2.39. The van der Waals surface area contributed by atoms with Crippen LogP contribution in [-0.4, -0.2) is 16.1 Å². The molecule has 1 aromatic heterocycles. The van der Waals surface area contributed by atoms with Crippen molar-refractivity contribution in [2.45, 2.75) is 17.5 Å². The van der Waals surface area contributed by atoms with Crippen molar-refractivity contribution in [1.29, 1.82) is 0 Å². The summed E-state index contributed by atoms with van der Waals surface area (Å²) >= 11 is 7.56. The number of thioether (sulfide) groups is 1. The van der Waals surface area contributed by atoms with Crippen LogP contribution in [0.2, 0.25) is 5.02 Å². The van der Waals surface area contributed by atoms with Gasteiger partial charge in [0.2, 0.25) is 5.91 Å². The lowest BCUT2D eigenvalue weighted by atomic mass is 10.2. The van der Waals surface area contributed by atoms with E-state index in [0.717, 1.165) is 11.3 Å². The lowest BCUT2D eigenvalue weighted by Gasteiger charge is -2.24. The van der Waals surface area contributed by atoms with Crippen LogP contribution in [0.15, 0.2) is 48.8 Å². The van der Waals surface area contributed by atoms with Gasteiger partial charge >= 0.3 is 0 Å². The molecule has 1 saturated heterocycles. The van der Waals surface area contributed by atoms with E-state index >= 15 is 0 Å². The fraction of sp³-hybridized carbons (Fsp3) is 0.200. The van der Waals surface area contributed by atoms with Gasteiger partial charge in [-0.05, 0) is 37.3 Å². The van der Waals surface area contributed by atoms with Gasteiger partial charge in [0.05, 0.1) is 5.25 Å². The molecule has 0 aliphatic carbocycles. The number of hydrogen-bond acceptors (Lipinski definition) is 3. The number of carbonyl (C=O) groups excluding carboxylic acids is 1. The minimum Gasteiger partial charge on any atom is -0.295 e. The Bertz CT molecular complexity index is 618. The number of hydrogen-bond donors (Lipinski definition) is 0. The van der Waals surface area contributed by atoms with E-state index in [0.29, 0.717) is 5.02 Å². The van der Waals surface area contributed by atoms with Crippen LogP contribution in [0.4, 0.5) is 5.69 Å². The van der Waals surface area contributed by atoms with Gasteiger partial charge in [0, 0.05) is 28.7 Å². The highest BCUT2D eigenvalue weighted by molar-refractivity contribution is 8.01.